The Morgan fingerprint density at radius 1 is 1.30 bits per heavy atom. The van der Waals surface area contributed by atoms with Gasteiger partial charge in [0.05, 0.1) is 12.2 Å². The fraction of sp³-hybridized carbons (Fsp3) is 0.350. The summed E-state index contributed by atoms with van der Waals surface area (Å²) < 4.78 is 12.9. The van der Waals surface area contributed by atoms with E-state index in [0.717, 1.165) is 36.3 Å². The van der Waals surface area contributed by atoms with Crippen LogP contribution in [0.4, 0.5) is 0 Å². The molecule has 1 aromatic carbocycles. The van der Waals surface area contributed by atoms with Gasteiger partial charge in [-0.3, -0.25) is 4.79 Å². The van der Waals surface area contributed by atoms with Crippen LogP contribution in [0.5, 0.6) is 5.75 Å². The fourth-order valence-corrected chi connectivity index (χ4v) is 3.46. The number of fused-ring (bicyclic) bond motifs is 2. The molecule has 0 radical (unpaired) electrons. The van der Waals surface area contributed by atoms with E-state index >= 15 is 0 Å². The van der Waals surface area contributed by atoms with Crippen LogP contribution in [0.2, 0.25) is 0 Å². The van der Waals surface area contributed by atoms with Crippen LogP contribution in [-0.2, 0) is 24.3 Å². The lowest BCUT2D eigenvalue weighted by molar-refractivity contribution is -0.123. The largest absolute Gasteiger partial charge is 0.484 e. The number of aryl methyl sites for hydroxylation is 1. The molecule has 0 aliphatic carbocycles. The van der Waals surface area contributed by atoms with Crippen LogP contribution in [0.3, 0.4) is 0 Å². The maximum atomic E-state index is 12.1. The minimum Gasteiger partial charge on any atom is -0.484 e. The van der Waals surface area contributed by atoms with E-state index < -0.39 is 5.63 Å². The summed E-state index contributed by atoms with van der Waals surface area (Å²) in [6, 6.07) is 8.19. The average Bonchev–Trinajstić information content (AvgIpc) is 3.00. The van der Waals surface area contributed by atoms with Gasteiger partial charge in [-0.25, -0.2) is 9.78 Å². The Hall–Kier alpha value is -3.09. The number of carbonyl (C=O) groups is 1. The highest BCUT2D eigenvalue weighted by molar-refractivity contribution is 5.79. The normalized spacial score (nSPS) is 13.4. The molecule has 0 fully saturated rings. The predicted molar refractivity (Wildman–Crippen MR) is 99.7 cm³/mol. The summed E-state index contributed by atoms with van der Waals surface area (Å²) in [6.07, 6.45) is 3.34. The lowest BCUT2D eigenvalue weighted by atomic mass is 10.1. The van der Waals surface area contributed by atoms with E-state index in [1.54, 1.807) is 24.3 Å². The summed E-state index contributed by atoms with van der Waals surface area (Å²) in [5, 5.41) is 3.66. The van der Waals surface area contributed by atoms with Crippen LogP contribution in [0, 0.1) is 6.92 Å². The van der Waals surface area contributed by atoms with Crippen molar-refractivity contribution in [1.82, 2.24) is 14.9 Å². The molecule has 3 heterocycles. The van der Waals surface area contributed by atoms with Crippen molar-refractivity contribution >= 4 is 16.9 Å². The number of carbonyl (C=O) groups excluding carboxylic acids is 1. The van der Waals surface area contributed by atoms with Crippen molar-refractivity contribution in [3.05, 3.63) is 58.0 Å². The SMILES string of the molecule is Cc1nc(CNC(=O)COc2ccc3ccc(=O)oc3c2)c2n1CCCC2. The van der Waals surface area contributed by atoms with Gasteiger partial charge in [0.1, 0.15) is 17.2 Å². The second kappa shape index (κ2) is 7.26. The topological polar surface area (TPSA) is 86.4 Å². The minimum atomic E-state index is -0.420. The van der Waals surface area contributed by atoms with Crippen LogP contribution in [0.25, 0.3) is 11.0 Å². The lowest BCUT2D eigenvalue weighted by Crippen LogP contribution is -2.29. The van der Waals surface area contributed by atoms with Crippen LogP contribution < -0.4 is 15.7 Å². The first-order chi connectivity index (χ1) is 13.1. The number of hydrogen-bond donors (Lipinski definition) is 1. The molecule has 7 nitrogen and oxygen atoms in total. The highest BCUT2D eigenvalue weighted by Gasteiger charge is 2.18. The van der Waals surface area contributed by atoms with Crippen LogP contribution in [-0.4, -0.2) is 22.1 Å². The first-order valence-electron chi connectivity index (χ1n) is 9.08. The average molecular weight is 367 g/mol. The Morgan fingerprint density at radius 2 is 2.15 bits per heavy atom. The number of rotatable bonds is 5. The number of imidazole rings is 1. The Labute approximate surface area is 156 Å². The van der Waals surface area contributed by atoms with Crippen molar-refractivity contribution in [3.63, 3.8) is 0 Å². The third kappa shape index (κ3) is 3.72. The summed E-state index contributed by atoms with van der Waals surface area (Å²) in [5.41, 5.74) is 2.18. The molecule has 0 spiro atoms. The lowest BCUT2D eigenvalue weighted by Gasteiger charge is -2.16. The zero-order valence-electron chi connectivity index (χ0n) is 15.2. The molecule has 7 heteroatoms. The van der Waals surface area contributed by atoms with Crippen molar-refractivity contribution in [1.29, 1.82) is 0 Å². The van der Waals surface area contributed by atoms with E-state index in [0.29, 0.717) is 17.9 Å². The highest BCUT2D eigenvalue weighted by Crippen LogP contribution is 2.21. The summed E-state index contributed by atoms with van der Waals surface area (Å²) >= 11 is 0. The summed E-state index contributed by atoms with van der Waals surface area (Å²) in [6.45, 7) is 3.29. The number of aromatic nitrogens is 2. The second-order valence-corrected chi connectivity index (χ2v) is 6.68. The van der Waals surface area contributed by atoms with Crippen molar-refractivity contribution in [2.24, 2.45) is 0 Å². The zero-order valence-corrected chi connectivity index (χ0v) is 15.2. The molecule has 140 valence electrons. The Kier molecular flexibility index (Phi) is 4.66. The third-order valence-electron chi connectivity index (χ3n) is 4.81. The van der Waals surface area contributed by atoms with Gasteiger partial charge in [0.25, 0.3) is 5.91 Å². The number of nitrogens with zero attached hydrogens (tertiary/aromatic N) is 2. The molecular weight excluding hydrogens is 346 g/mol. The first kappa shape index (κ1) is 17.3. The molecule has 27 heavy (non-hydrogen) atoms. The van der Waals surface area contributed by atoms with E-state index in [9.17, 15) is 9.59 Å². The molecule has 1 N–H and O–H groups in total. The van der Waals surface area contributed by atoms with Crippen molar-refractivity contribution in [2.45, 2.75) is 39.3 Å². The second-order valence-electron chi connectivity index (χ2n) is 6.68. The maximum absolute atomic E-state index is 12.1. The molecular formula is C20H21N3O4. The molecule has 1 aliphatic heterocycles. The molecule has 2 aromatic heterocycles. The molecule has 4 rings (SSSR count). The monoisotopic (exact) mass is 367 g/mol. The fourth-order valence-electron chi connectivity index (χ4n) is 3.46. The van der Waals surface area contributed by atoms with Gasteiger partial charge in [-0.15, -0.1) is 0 Å². The first-order valence-corrected chi connectivity index (χ1v) is 9.08. The van der Waals surface area contributed by atoms with Crippen LogP contribution in [0.15, 0.2) is 39.5 Å². The van der Waals surface area contributed by atoms with Gasteiger partial charge in [0.2, 0.25) is 0 Å². The van der Waals surface area contributed by atoms with Gasteiger partial charge < -0.3 is 19.0 Å². The molecule has 0 bridgehead atoms. The van der Waals surface area contributed by atoms with Crippen molar-refractivity contribution < 1.29 is 13.9 Å². The Bertz CT molecular complexity index is 1050. The Balaban J connectivity index is 1.36. The molecule has 1 aliphatic rings. The third-order valence-corrected chi connectivity index (χ3v) is 4.81. The van der Waals surface area contributed by atoms with Crippen LogP contribution in [0.1, 0.15) is 30.1 Å². The van der Waals surface area contributed by atoms with Gasteiger partial charge >= 0.3 is 5.63 Å². The molecule has 0 unspecified atom stereocenters. The Morgan fingerprint density at radius 3 is 3.04 bits per heavy atom. The van der Waals surface area contributed by atoms with E-state index in [-0.39, 0.29) is 12.5 Å². The van der Waals surface area contributed by atoms with E-state index in [1.807, 2.05) is 6.92 Å². The molecule has 0 saturated heterocycles. The van der Waals surface area contributed by atoms with E-state index in [1.165, 1.54) is 18.2 Å². The zero-order chi connectivity index (χ0) is 18.8. The van der Waals surface area contributed by atoms with Crippen molar-refractivity contribution in [3.8, 4) is 5.75 Å². The number of hydrogen-bond acceptors (Lipinski definition) is 5. The molecule has 1 amide bonds. The molecule has 0 atom stereocenters. The van der Waals surface area contributed by atoms with E-state index in [2.05, 4.69) is 14.9 Å². The smallest absolute Gasteiger partial charge is 0.336 e. The van der Waals surface area contributed by atoms with Crippen LogP contribution >= 0.6 is 0 Å². The maximum Gasteiger partial charge on any atom is 0.336 e. The molecule has 3 aromatic rings. The van der Waals surface area contributed by atoms with Crippen molar-refractivity contribution in [2.75, 3.05) is 6.61 Å². The standard InChI is InChI=1S/C20H21N3O4/c1-13-22-16(17-4-2-3-9-23(13)17)11-21-19(24)12-26-15-7-5-14-6-8-20(25)27-18(14)10-15/h5-8,10H,2-4,9,11-12H2,1H3,(H,21,24). The number of nitrogens with one attached hydrogen (secondary N) is 1. The van der Waals surface area contributed by atoms with Gasteiger partial charge in [-0.05, 0) is 44.4 Å². The number of amides is 1. The minimum absolute atomic E-state index is 0.113. The quantitative estimate of drug-likeness (QED) is 0.700. The summed E-state index contributed by atoms with van der Waals surface area (Å²) in [7, 11) is 0. The summed E-state index contributed by atoms with van der Waals surface area (Å²) in [5.74, 6) is 1.25. The van der Waals surface area contributed by atoms with Gasteiger partial charge in [-0.1, -0.05) is 0 Å². The molecule has 0 saturated carbocycles. The van der Waals surface area contributed by atoms with Gasteiger partial charge in [0, 0.05) is 29.8 Å². The summed E-state index contributed by atoms with van der Waals surface area (Å²) in [4.78, 5) is 28.0. The van der Waals surface area contributed by atoms with Gasteiger partial charge in [-0.2, -0.15) is 0 Å². The number of benzene rings is 1. The number of ether oxygens (including phenoxy) is 1. The van der Waals surface area contributed by atoms with Gasteiger partial charge in [0.15, 0.2) is 6.61 Å². The highest BCUT2D eigenvalue weighted by atomic mass is 16.5. The van der Waals surface area contributed by atoms with E-state index in [4.69, 9.17) is 9.15 Å². The predicted octanol–water partition coefficient (Wildman–Crippen LogP) is 2.33.